The Kier molecular flexibility index (Phi) is 1.49. The molecule has 0 N–H and O–H groups in total. The zero-order valence-corrected chi connectivity index (χ0v) is 5.82. The van der Waals surface area contributed by atoms with Crippen LogP contribution in [0, 0.1) is 11.8 Å². The maximum absolute atomic E-state index is 12.6. The van der Waals surface area contributed by atoms with Crippen molar-refractivity contribution >= 4 is 0 Å². The summed E-state index contributed by atoms with van der Waals surface area (Å²) < 4.78 is 25.2. The molecular formula is C7H12F2. The van der Waals surface area contributed by atoms with Crippen LogP contribution >= 0.6 is 0 Å². The highest BCUT2D eigenvalue weighted by Crippen LogP contribution is 2.42. The molecule has 0 aliphatic heterocycles. The Morgan fingerprint density at radius 2 is 1.89 bits per heavy atom. The highest BCUT2D eigenvalue weighted by Gasteiger charge is 2.44. The summed E-state index contributed by atoms with van der Waals surface area (Å²) in [6.45, 7) is 3.51. The first-order chi connectivity index (χ1) is 4.02. The lowest BCUT2D eigenvalue weighted by Crippen LogP contribution is -2.18. The SMILES string of the molecule is CC1CC(C)C(F)(F)C1. The zero-order chi connectivity index (χ0) is 7.07. The Morgan fingerprint density at radius 1 is 1.33 bits per heavy atom. The predicted octanol–water partition coefficient (Wildman–Crippen LogP) is 2.69. The summed E-state index contributed by atoms with van der Waals surface area (Å²) >= 11 is 0. The van der Waals surface area contributed by atoms with E-state index in [0.29, 0.717) is 6.42 Å². The average Bonchev–Trinajstić information content (AvgIpc) is 1.79. The molecule has 2 unspecified atom stereocenters. The summed E-state index contributed by atoms with van der Waals surface area (Å²) in [6, 6.07) is 0. The Bertz CT molecular complexity index is 109. The molecule has 0 heterocycles. The Morgan fingerprint density at radius 3 is 2.00 bits per heavy atom. The normalized spacial score (nSPS) is 41.3. The van der Waals surface area contributed by atoms with Crippen molar-refractivity contribution in [1.82, 2.24) is 0 Å². The Hall–Kier alpha value is -0.140. The molecule has 1 fully saturated rings. The summed E-state index contributed by atoms with van der Waals surface area (Å²) in [4.78, 5) is 0. The van der Waals surface area contributed by atoms with Crippen molar-refractivity contribution < 1.29 is 8.78 Å². The van der Waals surface area contributed by atoms with E-state index in [1.807, 2.05) is 6.92 Å². The summed E-state index contributed by atoms with van der Waals surface area (Å²) in [5.74, 6) is -2.55. The van der Waals surface area contributed by atoms with Crippen LogP contribution in [-0.4, -0.2) is 5.92 Å². The fraction of sp³-hybridized carbons (Fsp3) is 1.00. The quantitative estimate of drug-likeness (QED) is 0.477. The van der Waals surface area contributed by atoms with Gasteiger partial charge in [0, 0.05) is 12.3 Å². The lowest BCUT2D eigenvalue weighted by atomic mass is 10.1. The summed E-state index contributed by atoms with van der Waals surface area (Å²) in [6.07, 6.45) is 0.779. The van der Waals surface area contributed by atoms with Gasteiger partial charge in [-0.05, 0) is 12.3 Å². The van der Waals surface area contributed by atoms with Crippen LogP contribution < -0.4 is 0 Å². The number of alkyl halides is 2. The number of rotatable bonds is 0. The molecule has 54 valence electrons. The minimum Gasteiger partial charge on any atom is -0.207 e. The Balaban J connectivity index is 2.58. The van der Waals surface area contributed by atoms with Gasteiger partial charge < -0.3 is 0 Å². The fourth-order valence-corrected chi connectivity index (χ4v) is 1.53. The third-order valence-electron chi connectivity index (χ3n) is 2.10. The van der Waals surface area contributed by atoms with E-state index < -0.39 is 11.8 Å². The minimum atomic E-state index is -2.38. The summed E-state index contributed by atoms with van der Waals surface area (Å²) in [5.41, 5.74) is 0. The maximum atomic E-state index is 12.6. The number of hydrogen-bond donors (Lipinski definition) is 0. The predicted molar refractivity (Wildman–Crippen MR) is 32.5 cm³/mol. The lowest BCUT2D eigenvalue weighted by Gasteiger charge is -2.12. The molecule has 1 rings (SSSR count). The van der Waals surface area contributed by atoms with Crippen molar-refractivity contribution in [1.29, 1.82) is 0 Å². The molecule has 0 aromatic rings. The van der Waals surface area contributed by atoms with Crippen LogP contribution in [0.4, 0.5) is 8.78 Å². The number of hydrogen-bond acceptors (Lipinski definition) is 0. The molecule has 0 amide bonds. The van der Waals surface area contributed by atoms with Crippen LogP contribution in [0.1, 0.15) is 26.7 Å². The van der Waals surface area contributed by atoms with Gasteiger partial charge in [-0.2, -0.15) is 0 Å². The van der Waals surface area contributed by atoms with E-state index in [-0.39, 0.29) is 12.3 Å². The summed E-state index contributed by atoms with van der Waals surface area (Å²) in [7, 11) is 0. The van der Waals surface area contributed by atoms with Gasteiger partial charge in [0.15, 0.2) is 0 Å². The average molecular weight is 134 g/mol. The van der Waals surface area contributed by atoms with Crippen molar-refractivity contribution in [3.63, 3.8) is 0 Å². The van der Waals surface area contributed by atoms with Gasteiger partial charge in [0.2, 0.25) is 0 Å². The molecule has 9 heavy (non-hydrogen) atoms. The first kappa shape index (κ1) is 6.97. The molecule has 1 aliphatic carbocycles. The van der Waals surface area contributed by atoms with Gasteiger partial charge in [0.25, 0.3) is 5.92 Å². The lowest BCUT2D eigenvalue weighted by molar-refractivity contribution is -0.0318. The highest BCUT2D eigenvalue weighted by molar-refractivity contribution is 4.84. The molecule has 0 nitrogen and oxygen atoms in total. The van der Waals surface area contributed by atoms with Crippen molar-refractivity contribution in [2.45, 2.75) is 32.6 Å². The third kappa shape index (κ3) is 1.22. The fourth-order valence-electron chi connectivity index (χ4n) is 1.53. The van der Waals surface area contributed by atoms with Crippen molar-refractivity contribution in [2.24, 2.45) is 11.8 Å². The van der Waals surface area contributed by atoms with E-state index in [1.165, 1.54) is 0 Å². The van der Waals surface area contributed by atoms with Crippen molar-refractivity contribution in [3.05, 3.63) is 0 Å². The molecule has 0 aromatic heterocycles. The van der Waals surface area contributed by atoms with Crippen LogP contribution in [0.25, 0.3) is 0 Å². The van der Waals surface area contributed by atoms with E-state index in [4.69, 9.17) is 0 Å². The van der Waals surface area contributed by atoms with Gasteiger partial charge in [-0.1, -0.05) is 13.8 Å². The molecule has 1 aliphatic rings. The van der Waals surface area contributed by atoms with Crippen molar-refractivity contribution in [2.75, 3.05) is 0 Å². The summed E-state index contributed by atoms with van der Waals surface area (Å²) in [5, 5.41) is 0. The second-order valence-corrected chi connectivity index (χ2v) is 3.21. The van der Waals surface area contributed by atoms with Gasteiger partial charge in [-0.25, -0.2) is 8.78 Å². The monoisotopic (exact) mass is 134 g/mol. The molecule has 0 aromatic carbocycles. The van der Waals surface area contributed by atoms with Crippen LogP contribution in [-0.2, 0) is 0 Å². The van der Waals surface area contributed by atoms with E-state index in [9.17, 15) is 8.78 Å². The Labute approximate surface area is 54.3 Å². The molecule has 0 spiro atoms. The zero-order valence-electron chi connectivity index (χ0n) is 5.82. The van der Waals surface area contributed by atoms with E-state index in [1.54, 1.807) is 6.92 Å². The number of halogens is 2. The van der Waals surface area contributed by atoms with Gasteiger partial charge in [-0.3, -0.25) is 0 Å². The molecular weight excluding hydrogens is 122 g/mol. The van der Waals surface area contributed by atoms with Gasteiger partial charge in [0.05, 0.1) is 0 Å². The second-order valence-electron chi connectivity index (χ2n) is 3.21. The van der Waals surface area contributed by atoms with Crippen LogP contribution in [0.3, 0.4) is 0 Å². The standard InChI is InChI=1S/C7H12F2/c1-5-3-6(2)7(8,9)4-5/h5-6H,3-4H2,1-2H3. The van der Waals surface area contributed by atoms with E-state index >= 15 is 0 Å². The largest absolute Gasteiger partial charge is 0.250 e. The topological polar surface area (TPSA) is 0 Å². The molecule has 0 radical (unpaired) electrons. The highest BCUT2D eigenvalue weighted by atomic mass is 19.3. The molecule has 0 bridgehead atoms. The van der Waals surface area contributed by atoms with Gasteiger partial charge in [0.1, 0.15) is 0 Å². The van der Waals surface area contributed by atoms with E-state index in [0.717, 1.165) is 0 Å². The molecule has 1 saturated carbocycles. The van der Waals surface area contributed by atoms with Crippen LogP contribution in [0.15, 0.2) is 0 Å². The smallest absolute Gasteiger partial charge is 0.207 e. The van der Waals surface area contributed by atoms with Gasteiger partial charge in [-0.15, -0.1) is 0 Å². The first-order valence-corrected chi connectivity index (χ1v) is 3.40. The third-order valence-corrected chi connectivity index (χ3v) is 2.10. The van der Waals surface area contributed by atoms with E-state index in [2.05, 4.69) is 0 Å². The molecule has 2 atom stereocenters. The van der Waals surface area contributed by atoms with Crippen LogP contribution in [0.2, 0.25) is 0 Å². The minimum absolute atomic E-state index is 0.0914. The second kappa shape index (κ2) is 1.93. The van der Waals surface area contributed by atoms with Crippen molar-refractivity contribution in [3.8, 4) is 0 Å². The molecule has 2 heteroatoms. The van der Waals surface area contributed by atoms with Gasteiger partial charge >= 0.3 is 0 Å². The molecule has 0 saturated heterocycles. The van der Waals surface area contributed by atoms with Crippen LogP contribution in [0.5, 0.6) is 0 Å². The maximum Gasteiger partial charge on any atom is 0.250 e. The first-order valence-electron chi connectivity index (χ1n) is 3.40.